The number of nitrogens with zero attached hydrogens (tertiary/aromatic N) is 2. The van der Waals surface area contributed by atoms with Crippen LogP contribution < -0.4 is 16.9 Å². The highest BCUT2D eigenvalue weighted by Crippen LogP contribution is 1.94. The lowest BCUT2D eigenvalue weighted by molar-refractivity contribution is -0.138. The van der Waals surface area contributed by atoms with Crippen LogP contribution in [0.25, 0.3) is 0 Å². The Morgan fingerprint density at radius 2 is 2.27 bits per heavy atom. The summed E-state index contributed by atoms with van der Waals surface area (Å²) in [6, 6.07) is -0.928. The number of nitrogens with two attached hydrogens (primary N) is 2. The minimum Gasteiger partial charge on any atom is -0.744 e. The van der Waals surface area contributed by atoms with Gasteiger partial charge in [0.15, 0.2) is 0 Å². The second-order valence-electron chi connectivity index (χ2n) is 2.74. The summed E-state index contributed by atoms with van der Waals surface area (Å²) in [5.41, 5.74) is 12.1. The van der Waals surface area contributed by atoms with E-state index in [-0.39, 0.29) is 18.9 Å². The van der Waals surface area contributed by atoms with Crippen LogP contribution in [-0.2, 0) is 4.79 Å². The number of nitrogens with one attached hydrogen (secondary N) is 1. The number of hydrazine groups is 1. The SMILES string of the molecule is NC(=NCCCC(N)C(=O)O)NN([O-])O. The van der Waals surface area contributed by atoms with Crippen molar-refractivity contribution < 1.29 is 15.1 Å². The smallest absolute Gasteiger partial charge is 0.320 e. The van der Waals surface area contributed by atoms with E-state index in [2.05, 4.69) is 4.99 Å². The van der Waals surface area contributed by atoms with Crippen molar-refractivity contribution in [3.8, 4) is 0 Å². The molecule has 0 bridgehead atoms. The summed E-state index contributed by atoms with van der Waals surface area (Å²) in [6.45, 7) is 0.216. The first-order valence-corrected chi connectivity index (χ1v) is 4.14. The molecule has 0 fully saturated rings. The summed E-state index contributed by atoms with van der Waals surface area (Å²) in [5, 5.41) is 26.0. The van der Waals surface area contributed by atoms with Crippen LogP contribution in [0.5, 0.6) is 0 Å². The lowest BCUT2D eigenvalue weighted by atomic mass is 10.2. The highest BCUT2D eigenvalue weighted by Gasteiger charge is 2.09. The number of carbonyl (C=O) groups is 1. The molecule has 0 aromatic rings. The molecule has 9 heteroatoms. The van der Waals surface area contributed by atoms with Gasteiger partial charge in [-0.25, -0.2) is 0 Å². The molecule has 0 saturated heterocycles. The van der Waals surface area contributed by atoms with Crippen molar-refractivity contribution in [3.63, 3.8) is 0 Å². The predicted octanol–water partition coefficient (Wildman–Crippen LogP) is -1.81. The number of carboxylic acid groups (broad SMARTS) is 1. The number of hydrogen-bond donors (Lipinski definition) is 5. The fourth-order valence-corrected chi connectivity index (χ4v) is 0.768. The molecule has 0 heterocycles. The third kappa shape index (κ3) is 7.64. The van der Waals surface area contributed by atoms with Gasteiger partial charge >= 0.3 is 5.97 Å². The molecule has 0 amide bonds. The predicted molar refractivity (Wildman–Crippen MR) is 51.5 cm³/mol. The number of carboxylic acids is 1. The maximum atomic E-state index is 10.3. The van der Waals surface area contributed by atoms with Crippen LogP contribution in [0.2, 0.25) is 0 Å². The lowest BCUT2D eigenvalue weighted by Crippen LogP contribution is -2.40. The average molecular weight is 220 g/mol. The van der Waals surface area contributed by atoms with E-state index in [4.69, 9.17) is 21.8 Å². The van der Waals surface area contributed by atoms with Crippen molar-refractivity contribution in [2.45, 2.75) is 18.9 Å². The molecule has 0 aliphatic heterocycles. The Hall–Kier alpha value is -1.42. The molecular weight excluding hydrogens is 206 g/mol. The van der Waals surface area contributed by atoms with Gasteiger partial charge in [-0.15, -0.1) is 0 Å². The van der Waals surface area contributed by atoms with Gasteiger partial charge in [-0.05, 0) is 12.8 Å². The van der Waals surface area contributed by atoms with E-state index in [1.165, 1.54) is 0 Å². The highest BCUT2D eigenvalue weighted by molar-refractivity contribution is 5.77. The quantitative estimate of drug-likeness (QED) is 0.151. The molecule has 0 saturated carbocycles. The van der Waals surface area contributed by atoms with E-state index in [1.807, 2.05) is 0 Å². The number of aliphatic imine (C=N–C) groups is 1. The van der Waals surface area contributed by atoms with E-state index in [0.29, 0.717) is 6.42 Å². The van der Waals surface area contributed by atoms with Crippen molar-refractivity contribution in [1.29, 1.82) is 0 Å². The van der Waals surface area contributed by atoms with E-state index < -0.39 is 17.3 Å². The summed E-state index contributed by atoms with van der Waals surface area (Å²) < 4.78 is 0. The van der Waals surface area contributed by atoms with Crippen LogP contribution in [0, 0.1) is 5.21 Å². The Morgan fingerprint density at radius 1 is 1.67 bits per heavy atom. The molecule has 7 N–H and O–H groups in total. The van der Waals surface area contributed by atoms with Crippen molar-refractivity contribution in [1.82, 2.24) is 10.8 Å². The van der Waals surface area contributed by atoms with E-state index in [9.17, 15) is 10.0 Å². The number of hydrogen-bond acceptors (Lipinski definition) is 6. The average Bonchev–Trinajstić information content (AvgIpc) is 2.10. The van der Waals surface area contributed by atoms with Crippen LogP contribution in [-0.4, -0.2) is 40.2 Å². The molecule has 0 rings (SSSR count). The summed E-state index contributed by atoms with van der Waals surface area (Å²) in [5.74, 6) is -1.33. The van der Waals surface area contributed by atoms with Gasteiger partial charge in [0.05, 0.1) is 0 Å². The first kappa shape index (κ1) is 13.6. The third-order valence-corrected chi connectivity index (χ3v) is 1.48. The molecule has 88 valence electrons. The van der Waals surface area contributed by atoms with Crippen molar-refractivity contribution in [2.75, 3.05) is 6.54 Å². The Balaban J connectivity index is 3.65. The van der Waals surface area contributed by atoms with Crippen LogP contribution in [0.1, 0.15) is 12.8 Å². The standard InChI is InChI=1S/C6H14N5O4/c7-4(5(12)13)2-1-3-9-6(8)10-11(14)15/h4,14H,1-3,7H2,(H,12,13)(H3,8,9,10)/q-1. The zero-order valence-electron chi connectivity index (χ0n) is 7.96. The lowest BCUT2D eigenvalue weighted by Gasteiger charge is -2.20. The first-order chi connectivity index (χ1) is 6.93. The maximum absolute atomic E-state index is 10.3. The molecule has 0 aromatic carbocycles. The summed E-state index contributed by atoms with van der Waals surface area (Å²) in [6.07, 6.45) is 0.673. The molecule has 0 aliphatic rings. The molecule has 9 nitrogen and oxygen atoms in total. The van der Waals surface area contributed by atoms with Crippen molar-refractivity contribution in [3.05, 3.63) is 5.21 Å². The molecular formula is C6H14N5O4-. The monoisotopic (exact) mass is 220 g/mol. The van der Waals surface area contributed by atoms with Gasteiger partial charge in [-0.1, -0.05) is 0 Å². The van der Waals surface area contributed by atoms with Gasteiger partial charge in [-0.2, -0.15) is 5.34 Å². The normalized spacial score (nSPS) is 14.0. The minimum absolute atomic E-state index is 0.216. The van der Waals surface area contributed by atoms with Gasteiger partial charge in [-0.3, -0.25) is 15.2 Å². The largest absolute Gasteiger partial charge is 0.744 e. The van der Waals surface area contributed by atoms with Crippen LogP contribution in [0.3, 0.4) is 0 Å². The zero-order valence-corrected chi connectivity index (χ0v) is 7.96. The number of aliphatic carboxylic acids is 1. The fraction of sp³-hybridized carbons (Fsp3) is 0.667. The van der Waals surface area contributed by atoms with Gasteiger partial charge in [0.25, 0.3) is 0 Å². The molecule has 1 unspecified atom stereocenters. The Morgan fingerprint density at radius 3 is 2.73 bits per heavy atom. The van der Waals surface area contributed by atoms with E-state index in [1.54, 1.807) is 5.43 Å². The van der Waals surface area contributed by atoms with Gasteiger partial charge < -0.3 is 27.0 Å². The van der Waals surface area contributed by atoms with Gasteiger partial charge in [0.1, 0.15) is 6.04 Å². The zero-order chi connectivity index (χ0) is 11.8. The maximum Gasteiger partial charge on any atom is 0.320 e. The van der Waals surface area contributed by atoms with E-state index in [0.717, 1.165) is 0 Å². The Bertz CT molecular complexity index is 232. The Labute approximate surface area is 85.9 Å². The van der Waals surface area contributed by atoms with E-state index >= 15 is 0 Å². The minimum atomic E-state index is -1.08. The van der Waals surface area contributed by atoms with Gasteiger partial charge in [0.2, 0.25) is 5.96 Å². The first-order valence-electron chi connectivity index (χ1n) is 4.14. The van der Waals surface area contributed by atoms with Gasteiger partial charge in [0, 0.05) is 6.54 Å². The number of rotatable bonds is 6. The number of guanidine groups is 1. The summed E-state index contributed by atoms with van der Waals surface area (Å²) in [4.78, 5) is 13.9. The third-order valence-electron chi connectivity index (χ3n) is 1.48. The highest BCUT2D eigenvalue weighted by atomic mass is 16.8. The Kier molecular flexibility index (Phi) is 6.29. The van der Waals surface area contributed by atoms with Crippen LogP contribution >= 0.6 is 0 Å². The summed E-state index contributed by atoms with van der Waals surface area (Å²) in [7, 11) is 0. The molecule has 0 aromatic heterocycles. The molecule has 0 radical (unpaired) electrons. The molecule has 0 spiro atoms. The van der Waals surface area contributed by atoms with Crippen LogP contribution in [0.15, 0.2) is 4.99 Å². The topological polar surface area (TPSA) is 160 Å². The van der Waals surface area contributed by atoms with Crippen LogP contribution in [0.4, 0.5) is 0 Å². The second-order valence-corrected chi connectivity index (χ2v) is 2.74. The molecule has 15 heavy (non-hydrogen) atoms. The fourth-order valence-electron chi connectivity index (χ4n) is 0.768. The van der Waals surface area contributed by atoms with Crippen molar-refractivity contribution >= 4 is 11.9 Å². The molecule has 0 aliphatic carbocycles. The molecule has 1 atom stereocenters. The second kappa shape index (κ2) is 6.95. The van der Waals surface area contributed by atoms with Crippen molar-refractivity contribution in [2.24, 2.45) is 16.5 Å². The summed E-state index contributed by atoms with van der Waals surface area (Å²) >= 11 is 0.